The lowest BCUT2D eigenvalue weighted by atomic mass is 9.78. The number of nitrogens with zero attached hydrogens (tertiary/aromatic N) is 1. The predicted molar refractivity (Wildman–Crippen MR) is 101 cm³/mol. The predicted octanol–water partition coefficient (Wildman–Crippen LogP) is 3.67. The maximum atomic E-state index is 12.4. The third-order valence-electron chi connectivity index (χ3n) is 5.03. The van der Waals surface area contributed by atoms with Gasteiger partial charge in [-0.3, -0.25) is 4.79 Å². The van der Waals surface area contributed by atoms with Crippen LogP contribution in [-0.4, -0.2) is 36.4 Å². The van der Waals surface area contributed by atoms with E-state index in [1.807, 2.05) is 29.6 Å². The van der Waals surface area contributed by atoms with Gasteiger partial charge in [-0.1, -0.05) is 36.2 Å². The van der Waals surface area contributed by atoms with Gasteiger partial charge in [-0.15, -0.1) is 11.3 Å². The number of carbonyl (C=O) groups is 1. The topological polar surface area (TPSA) is 60.5 Å². The van der Waals surface area contributed by atoms with Crippen LogP contribution in [0.4, 0.5) is 0 Å². The molecule has 0 unspecified atom stereocenters. The van der Waals surface area contributed by atoms with Gasteiger partial charge in [0.15, 0.2) is 5.79 Å². The molecule has 2 aliphatic rings. The summed E-state index contributed by atoms with van der Waals surface area (Å²) in [6.45, 7) is 1.59. The van der Waals surface area contributed by atoms with Crippen molar-refractivity contribution in [1.82, 2.24) is 10.3 Å². The number of nitrogens with one attached hydrogen (secondary N) is 1. The highest BCUT2D eigenvalue weighted by atomic mass is 35.5. The number of amides is 1. The zero-order chi connectivity index (χ0) is 18.0. The van der Waals surface area contributed by atoms with Crippen LogP contribution in [0, 0.1) is 5.92 Å². The maximum Gasteiger partial charge on any atom is 0.226 e. The number of carbonyl (C=O) groups excluding carboxylic acids is 1. The summed E-state index contributed by atoms with van der Waals surface area (Å²) in [5.74, 6) is -0.311. The van der Waals surface area contributed by atoms with E-state index in [1.165, 1.54) is 17.8 Å². The Balaban J connectivity index is 1.36. The van der Waals surface area contributed by atoms with Crippen molar-refractivity contribution in [2.75, 3.05) is 19.8 Å². The number of ether oxygens (including phenoxy) is 2. The zero-order valence-electron chi connectivity index (χ0n) is 14.4. The Labute approximate surface area is 161 Å². The number of hydrogen-bond acceptors (Lipinski definition) is 5. The first-order valence-corrected chi connectivity index (χ1v) is 10.2. The molecule has 4 rings (SSSR count). The lowest BCUT2D eigenvalue weighted by Gasteiger charge is -2.40. The molecule has 1 aromatic heterocycles. The number of rotatable bonds is 6. The van der Waals surface area contributed by atoms with Gasteiger partial charge in [0.25, 0.3) is 0 Å². The minimum atomic E-state index is -0.626. The van der Waals surface area contributed by atoms with E-state index in [9.17, 15) is 4.79 Å². The molecule has 1 N–H and O–H groups in total. The monoisotopic (exact) mass is 392 g/mol. The van der Waals surface area contributed by atoms with Crippen molar-refractivity contribution >= 4 is 28.8 Å². The Kier molecular flexibility index (Phi) is 5.27. The van der Waals surface area contributed by atoms with Crippen molar-refractivity contribution < 1.29 is 14.3 Å². The Morgan fingerprint density at radius 1 is 1.31 bits per heavy atom. The molecule has 2 heterocycles. The molecule has 5 nitrogen and oxygen atoms in total. The number of thiazole rings is 1. The van der Waals surface area contributed by atoms with Crippen molar-refractivity contribution in [1.29, 1.82) is 0 Å². The molecule has 1 aliphatic heterocycles. The van der Waals surface area contributed by atoms with Crippen molar-refractivity contribution in [3.8, 4) is 10.6 Å². The van der Waals surface area contributed by atoms with Crippen molar-refractivity contribution in [2.24, 2.45) is 5.92 Å². The van der Waals surface area contributed by atoms with E-state index < -0.39 is 5.79 Å². The molecule has 2 aromatic rings. The highest BCUT2D eigenvalue weighted by molar-refractivity contribution is 7.13. The molecule has 0 atom stereocenters. The van der Waals surface area contributed by atoms with E-state index in [2.05, 4.69) is 10.3 Å². The smallest absolute Gasteiger partial charge is 0.226 e. The summed E-state index contributed by atoms with van der Waals surface area (Å²) in [6, 6.07) is 7.59. The summed E-state index contributed by atoms with van der Waals surface area (Å²) in [7, 11) is 0. The number of aromatic nitrogens is 1. The van der Waals surface area contributed by atoms with Crippen LogP contribution in [0.1, 0.15) is 25.0 Å². The molecule has 1 saturated carbocycles. The van der Waals surface area contributed by atoms with Gasteiger partial charge < -0.3 is 14.8 Å². The summed E-state index contributed by atoms with van der Waals surface area (Å²) in [4.78, 5) is 16.9. The average molecular weight is 393 g/mol. The first-order chi connectivity index (χ1) is 12.7. The Hall–Kier alpha value is -1.47. The van der Waals surface area contributed by atoms with Gasteiger partial charge in [-0.25, -0.2) is 4.98 Å². The second-order valence-electron chi connectivity index (χ2n) is 6.71. The largest absolute Gasteiger partial charge is 0.350 e. The molecule has 2 fully saturated rings. The van der Waals surface area contributed by atoms with Gasteiger partial charge in [0.05, 0.1) is 36.9 Å². The van der Waals surface area contributed by atoms with Gasteiger partial charge in [0, 0.05) is 16.9 Å². The molecule has 7 heteroatoms. The van der Waals surface area contributed by atoms with Crippen LogP contribution >= 0.6 is 22.9 Å². The summed E-state index contributed by atoms with van der Waals surface area (Å²) < 4.78 is 11.7. The quantitative estimate of drug-likeness (QED) is 0.814. The number of benzene rings is 1. The first-order valence-electron chi connectivity index (χ1n) is 8.90. The molecule has 138 valence electrons. The van der Waals surface area contributed by atoms with Gasteiger partial charge in [-0.05, 0) is 18.9 Å². The standard InChI is InChI=1S/C19H21ClN2O3S/c20-16-7-2-1-6-15(16)18-22-14(11-26-18)10-17(23)21-12-19(13-4-3-5-13)24-8-9-25-19/h1-2,6-7,11,13H,3-5,8-10,12H2,(H,21,23). The number of halogens is 1. The van der Waals surface area contributed by atoms with E-state index >= 15 is 0 Å². The summed E-state index contributed by atoms with van der Waals surface area (Å²) in [5.41, 5.74) is 1.64. The Bertz CT molecular complexity index is 785. The molecule has 1 amide bonds. The highest BCUT2D eigenvalue weighted by Crippen LogP contribution is 2.41. The van der Waals surface area contributed by atoms with Crippen LogP contribution in [0.5, 0.6) is 0 Å². The molecule has 0 bridgehead atoms. The van der Waals surface area contributed by atoms with Crippen molar-refractivity contribution in [3.63, 3.8) is 0 Å². The second kappa shape index (κ2) is 7.64. The molecule has 1 saturated heterocycles. The third kappa shape index (κ3) is 3.64. The van der Waals surface area contributed by atoms with Crippen LogP contribution in [0.2, 0.25) is 5.02 Å². The minimum Gasteiger partial charge on any atom is -0.350 e. The van der Waals surface area contributed by atoms with Gasteiger partial charge in [-0.2, -0.15) is 0 Å². The molecule has 1 aromatic carbocycles. The summed E-state index contributed by atoms with van der Waals surface area (Å²) in [6.07, 6.45) is 3.64. The van der Waals surface area contributed by atoms with Crippen LogP contribution in [-0.2, 0) is 20.7 Å². The average Bonchev–Trinajstić information content (AvgIpc) is 3.22. The van der Waals surface area contributed by atoms with Crippen LogP contribution in [0.3, 0.4) is 0 Å². The molecule has 26 heavy (non-hydrogen) atoms. The fourth-order valence-electron chi connectivity index (χ4n) is 3.40. The van der Waals surface area contributed by atoms with Gasteiger partial charge in [0.2, 0.25) is 5.91 Å². The molecular weight excluding hydrogens is 372 g/mol. The van der Waals surface area contributed by atoms with Crippen LogP contribution in [0.25, 0.3) is 10.6 Å². The fourth-order valence-corrected chi connectivity index (χ4v) is 4.54. The van der Waals surface area contributed by atoms with Crippen LogP contribution < -0.4 is 5.32 Å². The van der Waals surface area contributed by atoms with Crippen molar-refractivity contribution in [2.45, 2.75) is 31.5 Å². The SMILES string of the molecule is O=C(Cc1csc(-c2ccccc2Cl)n1)NCC1(C2CCC2)OCCO1. The molecular formula is C19H21ClN2O3S. The lowest BCUT2D eigenvalue weighted by Crippen LogP contribution is -2.51. The third-order valence-corrected chi connectivity index (χ3v) is 6.29. The Morgan fingerprint density at radius 2 is 2.08 bits per heavy atom. The zero-order valence-corrected chi connectivity index (χ0v) is 15.9. The highest BCUT2D eigenvalue weighted by Gasteiger charge is 2.47. The van der Waals surface area contributed by atoms with E-state index in [0.29, 0.717) is 30.7 Å². The van der Waals surface area contributed by atoms with E-state index in [0.717, 1.165) is 29.1 Å². The van der Waals surface area contributed by atoms with Gasteiger partial charge >= 0.3 is 0 Å². The normalized spacial score (nSPS) is 19.3. The van der Waals surface area contributed by atoms with Crippen LogP contribution in [0.15, 0.2) is 29.6 Å². The van der Waals surface area contributed by atoms with E-state index in [4.69, 9.17) is 21.1 Å². The maximum absolute atomic E-state index is 12.4. The Morgan fingerprint density at radius 3 is 2.77 bits per heavy atom. The first kappa shape index (κ1) is 17.9. The fraction of sp³-hybridized carbons (Fsp3) is 0.474. The summed E-state index contributed by atoms with van der Waals surface area (Å²) in [5, 5.41) is 6.37. The number of hydrogen-bond donors (Lipinski definition) is 1. The van der Waals surface area contributed by atoms with E-state index in [1.54, 1.807) is 0 Å². The molecule has 0 spiro atoms. The second-order valence-corrected chi connectivity index (χ2v) is 7.98. The minimum absolute atomic E-state index is 0.0705. The van der Waals surface area contributed by atoms with Gasteiger partial charge in [0.1, 0.15) is 5.01 Å². The van der Waals surface area contributed by atoms with Crippen molar-refractivity contribution in [3.05, 3.63) is 40.4 Å². The van der Waals surface area contributed by atoms with E-state index in [-0.39, 0.29) is 12.3 Å². The molecule has 0 radical (unpaired) electrons. The lowest BCUT2D eigenvalue weighted by molar-refractivity contribution is -0.208. The molecule has 1 aliphatic carbocycles. The summed E-state index contributed by atoms with van der Waals surface area (Å²) >= 11 is 7.71.